The summed E-state index contributed by atoms with van der Waals surface area (Å²) in [5.41, 5.74) is 0.715. The molecule has 0 unspecified atom stereocenters. The molecule has 2 aliphatic rings. The van der Waals surface area contributed by atoms with E-state index in [9.17, 15) is 0 Å². The van der Waals surface area contributed by atoms with Crippen LogP contribution in [0.25, 0.3) is 0 Å². The number of thiocarbonyl (C=S) groups is 1. The fourth-order valence-electron chi connectivity index (χ4n) is 3.06. The van der Waals surface area contributed by atoms with E-state index >= 15 is 0 Å². The molecule has 5 heteroatoms. The molecule has 106 valence electrons. The lowest BCUT2D eigenvalue weighted by Crippen LogP contribution is -2.68. The summed E-state index contributed by atoms with van der Waals surface area (Å²) in [5.74, 6) is 1.19. The second kappa shape index (κ2) is 4.74. The van der Waals surface area contributed by atoms with Gasteiger partial charge in [-0.15, -0.1) is 6.58 Å². The summed E-state index contributed by atoms with van der Waals surface area (Å²) in [5, 5.41) is 4.17. The summed E-state index contributed by atoms with van der Waals surface area (Å²) in [4.78, 5) is 2.07. The zero-order chi connectivity index (χ0) is 14.5. The Bertz CT molecular complexity index is 591. The van der Waals surface area contributed by atoms with Gasteiger partial charge in [-0.2, -0.15) is 0 Å². The number of fused-ring (bicyclic) bond motifs is 4. The Morgan fingerprint density at radius 2 is 2.35 bits per heavy atom. The summed E-state index contributed by atoms with van der Waals surface area (Å²) < 4.78 is 7.38. The quantitative estimate of drug-likeness (QED) is 0.649. The first-order valence-electron chi connectivity index (χ1n) is 6.65. The van der Waals surface area contributed by atoms with E-state index in [0.29, 0.717) is 6.54 Å². The SMILES string of the molecule is C=CCN1C(=S)N[C@H]2c3cc(Br)ccc3O[C@@]1(C)[C@H]2C. The molecule has 3 atom stereocenters. The van der Waals surface area contributed by atoms with Crippen LogP contribution < -0.4 is 10.1 Å². The second-order valence-corrected chi connectivity index (χ2v) is 6.76. The van der Waals surface area contributed by atoms with Crippen molar-refractivity contribution in [1.82, 2.24) is 10.2 Å². The zero-order valence-corrected chi connectivity index (χ0v) is 13.9. The van der Waals surface area contributed by atoms with Crippen LogP contribution in [-0.2, 0) is 0 Å². The highest BCUT2D eigenvalue weighted by atomic mass is 79.9. The molecule has 1 aromatic carbocycles. The van der Waals surface area contributed by atoms with Gasteiger partial charge < -0.3 is 15.0 Å². The van der Waals surface area contributed by atoms with Crippen molar-refractivity contribution < 1.29 is 4.74 Å². The first kappa shape index (κ1) is 13.9. The molecule has 3 nitrogen and oxygen atoms in total. The molecule has 3 rings (SSSR count). The standard InChI is InChI=1S/C15H17BrN2OS/c1-4-7-18-14(20)17-13-9(2)15(18,3)19-12-6-5-10(16)8-11(12)13/h4-6,8-9,13H,1,7H2,2-3H3,(H,17,20)/t9-,13+,15-/m0/s1. The molecule has 0 aliphatic carbocycles. The molecule has 0 aromatic heterocycles. The highest BCUT2D eigenvalue weighted by Gasteiger charge is 2.52. The van der Waals surface area contributed by atoms with Crippen LogP contribution in [0.4, 0.5) is 0 Å². The molecular formula is C15H17BrN2OS. The van der Waals surface area contributed by atoms with Gasteiger partial charge in [-0.05, 0) is 37.3 Å². The lowest BCUT2D eigenvalue weighted by Gasteiger charge is -2.56. The number of benzene rings is 1. The maximum absolute atomic E-state index is 6.32. The van der Waals surface area contributed by atoms with Crippen LogP contribution in [0.15, 0.2) is 35.3 Å². The molecule has 1 N–H and O–H groups in total. The van der Waals surface area contributed by atoms with E-state index in [2.05, 4.69) is 52.6 Å². The maximum Gasteiger partial charge on any atom is 0.187 e. The van der Waals surface area contributed by atoms with Crippen LogP contribution >= 0.6 is 28.1 Å². The van der Waals surface area contributed by atoms with E-state index in [-0.39, 0.29) is 12.0 Å². The molecule has 0 saturated carbocycles. The van der Waals surface area contributed by atoms with Crippen molar-refractivity contribution in [2.75, 3.05) is 6.54 Å². The molecule has 1 saturated heterocycles. The van der Waals surface area contributed by atoms with Gasteiger partial charge in [-0.3, -0.25) is 0 Å². The van der Waals surface area contributed by atoms with Crippen LogP contribution in [0.1, 0.15) is 25.5 Å². The summed E-state index contributed by atoms with van der Waals surface area (Å²) in [6.45, 7) is 8.79. The van der Waals surface area contributed by atoms with Gasteiger partial charge in [0.2, 0.25) is 0 Å². The van der Waals surface area contributed by atoms with Crippen molar-refractivity contribution in [2.45, 2.75) is 25.6 Å². The Morgan fingerprint density at radius 1 is 1.60 bits per heavy atom. The minimum atomic E-state index is -0.442. The third-order valence-electron chi connectivity index (χ3n) is 4.34. The largest absolute Gasteiger partial charge is 0.467 e. The minimum absolute atomic E-state index is 0.176. The number of hydrogen-bond acceptors (Lipinski definition) is 2. The molecule has 1 fully saturated rings. The Labute approximate surface area is 133 Å². The van der Waals surface area contributed by atoms with E-state index < -0.39 is 5.72 Å². The van der Waals surface area contributed by atoms with Crippen molar-refractivity contribution in [3.8, 4) is 5.75 Å². The van der Waals surface area contributed by atoms with Gasteiger partial charge in [-0.1, -0.05) is 28.9 Å². The monoisotopic (exact) mass is 352 g/mol. The first-order valence-corrected chi connectivity index (χ1v) is 7.85. The van der Waals surface area contributed by atoms with Crippen molar-refractivity contribution >= 4 is 33.3 Å². The number of nitrogens with zero attached hydrogens (tertiary/aromatic N) is 1. The number of rotatable bonds is 2. The van der Waals surface area contributed by atoms with Crippen molar-refractivity contribution in [3.05, 3.63) is 40.9 Å². The van der Waals surface area contributed by atoms with Gasteiger partial charge in [0.05, 0.1) is 6.04 Å². The van der Waals surface area contributed by atoms with E-state index in [4.69, 9.17) is 17.0 Å². The summed E-state index contributed by atoms with van der Waals surface area (Å²) in [6.07, 6.45) is 1.85. The van der Waals surface area contributed by atoms with Crippen LogP contribution in [0.5, 0.6) is 5.75 Å². The van der Waals surface area contributed by atoms with Crippen LogP contribution in [0, 0.1) is 5.92 Å². The average Bonchev–Trinajstić information content (AvgIpc) is 2.40. The molecule has 20 heavy (non-hydrogen) atoms. The lowest BCUT2D eigenvalue weighted by molar-refractivity contribution is -0.106. The van der Waals surface area contributed by atoms with Gasteiger partial charge >= 0.3 is 0 Å². The maximum atomic E-state index is 6.32. The normalized spacial score (nSPS) is 31.1. The molecule has 0 radical (unpaired) electrons. The first-order chi connectivity index (χ1) is 9.47. The highest BCUT2D eigenvalue weighted by molar-refractivity contribution is 9.10. The fourth-order valence-corrected chi connectivity index (χ4v) is 3.82. The Morgan fingerprint density at radius 3 is 3.05 bits per heavy atom. The van der Waals surface area contributed by atoms with Crippen LogP contribution in [0.2, 0.25) is 0 Å². The van der Waals surface area contributed by atoms with Gasteiger partial charge in [0, 0.05) is 22.5 Å². The number of hydrogen-bond donors (Lipinski definition) is 1. The third-order valence-corrected chi connectivity index (χ3v) is 5.17. The molecule has 0 spiro atoms. The summed E-state index contributed by atoms with van der Waals surface area (Å²) in [7, 11) is 0. The molecule has 1 aromatic rings. The van der Waals surface area contributed by atoms with E-state index in [1.165, 1.54) is 0 Å². The van der Waals surface area contributed by atoms with Gasteiger partial charge in [0.1, 0.15) is 5.75 Å². The van der Waals surface area contributed by atoms with E-state index in [1.807, 2.05) is 18.2 Å². The van der Waals surface area contributed by atoms with E-state index in [1.54, 1.807) is 0 Å². The van der Waals surface area contributed by atoms with Crippen molar-refractivity contribution in [3.63, 3.8) is 0 Å². The fraction of sp³-hybridized carbons (Fsp3) is 0.400. The van der Waals surface area contributed by atoms with Crippen molar-refractivity contribution in [1.29, 1.82) is 0 Å². The zero-order valence-electron chi connectivity index (χ0n) is 11.5. The molecule has 0 amide bonds. The number of halogens is 1. The Hall–Kier alpha value is -1.07. The highest BCUT2D eigenvalue weighted by Crippen LogP contribution is 2.48. The number of ether oxygens (including phenoxy) is 1. The molecular weight excluding hydrogens is 336 g/mol. The predicted octanol–water partition coefficient (Wildman–Crippen LogP) is 3.61. The third kappa shape index (κ3) is 1.87. The summed E-state index contributed by atoms with van der Waals surface area (Å²) in [6, 6.07) is 6.30. The molecule has 2 bridgehead atoms. The van der Waals surface area contributed by atoms with Crippen LogP contribution in [0.3, 0.4) is 0 Å². The Kier molecular flexibility index (Phi) is 3.29. The second-order valence-electron chi connectivity index (χ2n) is 5.45. The van der Waals surface area contributed by atoms with Crippen LogP contribution in [-0.4, -0.2) is 22.3 Å². The van der Waals surface area contributed by atoms with Gasteiger partial charge in [0.15, 0.2) is 10.8 Å². The lowest BCUT2D eigenvalue weighted by atomic mass is 9.81. The van der Waals surface area contributed by atoms with Gasteiger partial charge in [0.25, 0.3) is 0 Å². The average molecular weight is 353 g/mol. The predicted molar refractivity (Wildman–Crippen MR) is 87.7 cm³/mol. The van der Waals surface area contributed by atoms with Gasteiger partial charge in [-0.25, -0.2) is 0 Å². The van der Waals surface area contributed by atoms with Crippen molar-refractivity contribution in [2.24, 2.45) is 5.92 Å². The molecule has 2 aliphatic heterocycles. The smallest absolute Gasteiger partial charge is 0.187 e. The Balaban J connectivity index is 2.12. The topological polar surface area (TPSA) is 24.5 Å². The van der Waals surface area contributed by atoms with E-state index in [0.717, 1.165) is 20.9 Å². The number of nitrogens with one attached hydrogen (secondary N) is 1. The summed E-state index contributed by atoms with van der Waals surface area (Å²) >= 11 is 9.03. The molecule has 2 heterocycles. The minimum Gasteiger partial charge on any atom is -0.467 e.